The Balaban J connectivity index is 1.61. The third-order valence-electron chi connectivity index (χ3n) is 5.87. The van der Waals surface area contributed by atoms with Gasteiger partial charge >= 0.3 is 0 Å². The van der Waals surface area contributed by atoms with Crippen molar-refractivity contribution in [3.05, 3.63) is 27.7 Å². The zero-order chi connectivity index (χ0) is 16.2. The molecule has 0 aromatic heterocycles. The topological polar surface area (TPSA) is 38.3 Å². The molecule has 0 aliphatic heterocycles. The Morgan fingerprint density at radius 2 is 1.70 bits per heavy atom. The SMILES string of the molecule is COc1c(Cl)cc(Cl)cc1C(=O)NC12CC3CC(CC(C3)C1)C2. The fourth-order valence-electron chi connectivity index (χ4n) is 5.51. The summed E-state index contributed by atoms with van der Waals surface area (Å²) in [6.45, 7) is 0. The van der Waals surface area contributed by atoms with Crippen molar-refractivity contribution in [3.63, 3.8) is 0 Å². The van der Waals surface area contributed by atoms with Crippen LogP contribution < -0.4 is 10.1 Å². The van der Waals surface area contributed by atoms with Gasteiger partial charge in [0.25, 0.3) is 5.91 Å². The number of amides is 1. The first-order chi connectivity index (χ1) is 11.0. The standard InChI is InChI=1S/C18H21Cl2NO2/c1-23-16-14(5-13(19)6-15(16)20)17(22)21-18-7-10-2-11(8-18)4-12(3-10)9-18/h5-6,10-12H,2-4,7-9H2,1H3,(H,21,22). The second-order valence-corrected chi connectivity index (χ2v) is 8.46. The van der Waals surface area contributed by atoms with Crippen molar-refractivity contribution in [3.8, 4) is 5.75 Å². The first-order valence-electron chi connectivity index (χ1n) is 8.33. The Bertz CT molecular complexity index is 623. The van der Waals surface area contributed by atoms with Crippen LogP contribution >= 0.6 is 23.2 Å². The van der Waals surface area contributed by atoms with Gasteiger partial charge in [0.2, 0.25) is 0 Å². The highest BCUT2D eigenvalue weighted by Crippen LogP contribution is 2.55. The quantitative estimate of drug-likeness (QED) is 0.854. The van der Waals surface area contributed by atoms with Crippen molar-refractivity contribution in [1.29, 1.82) is 0 Å². The van der Waals surface area contributed by atoms with Crippen LogP contribution in [0.3, 0.4) is 0 Å². The number of benzene rings is 1. The van der Waals surface area contributed by atoms with Crippen LogP contribution in [-0.4, -0.2) is 18.6 Å². The number of hydrogen-bond donors (Lipinski definition) is 1. The molecule has 1 N–H and O–H groups in total. The molecule has 0 atom stereocenters. The second-order valence-electron chi connectivity index (χ2n) is 7.62. The minimum atomic E-state index is -0.117. The van der Waals surface area contributed by atoms with E-state index < -0.39 is 0 Å². The molecule has 4 aliphatic rings. The van der Waals surface area contributed by atoms with Gasteiger partial charge in [-0.05, 0) is 68.4 Å². The van der Waals surface area contributed by atoms with Gasteiger partial charge in [-0.1, -0.05) is 23.2 Å². The highest BCUT2D eigenvalue weighted by atomic mass is 35.5. The monoisotopic (exact) mass is 353 g/mol. The smallest absolute Gasteiger partial charge is 0.255 e. The Morgan fingerprint density at radius 3 is 2.22 bits per heavy atom. The molecule has 5 rings (SSSR count). The number of ether oxygens (including phenoxy) is 1. The fourth-order valence-corrected chi connectivity index (χ4v) is 6.08. The van der Waals surface area contributed by atoms with Crippen LogP contribution in [0.15, 0.2) is 12.1 Å². The van der Waals surface area contributed by atoms with Crippen LogP contribution in [0.4, 0.5) is 0 Å². The van der Waals surface area contributed by atoms with E-state index in [2.05, 4.69) is 5.32 Å². The molecule has 1 aromatic carbocycles. The largest absolute Gasteiger partial charge is 0.494 e. The zero-order valence-corrected chi connectivity index (χ0v) is 14.7. The summed E-state index contributed by atoms with van der Waals surface area (Å²) in [5.41, 5.74) is 0.395. The van der Waals surface area contributed by atoms with Crippen LogP contribution in [-0.2, 0) is 0 Å². The Kier molecular flexibility index (Phi) is 3.77. The Labute approximate surface area is 146 Å². The summed E-state index contributed by atoms with van der Waals surface area (Å²) in [6.07, 6.45) is 7.38. The first-order valence-corrected chi connectivity index (χ1v) is 9.09. The molecule has 0 saturated heterocycles. The van der Waals surface area contributed by atoms with Gasteiger partial charge in [0.05, 0.1) is 17.7 Å². The molecule has 4 bridgehead atoms. The first kappa shape index (κ1) is 15.6. The van der Waals surface area contributed by atoms with Crippen LogP contribution in [0, 0.1) is 17.8 Å². The lowest BCUT2D eigenvalue weighted by Crippen LogP contribution is -2.59. The molecule has 3 nitrogen and oxygen atoms in total. The summed E-state index contributed by atoms with van der Waals surface area (Å²) in [7, 11) is 1.52. The molecule has 0 spiro atoms. The van der Waals surface area contributed by atoms with Crippen molar-refractivity contribution < 1.29 is 9.53 Å². The molecule has 4 aliphatic carbocycles. The lowest BCUT2D eigenvalue weighted by molar-refractivity contribution is -0.0167. The molecule has 0 unspecified atom stereocenters. The summed E-state index contributed by atoms with van der Waals surface area (Å²) < 4.78 is 5.32. The molecular weight excluding hydrogens is 333 g/mol. The van der Waals surface area contributed by atoms with Gasteiger partial charge < -0.3 is 10.1 Å². The average Bonchev–Trinajstić information content (AvgIpc) is 2.44. The second kappa shape index (κ2) is 5.56. The molecule has 1 amide bonds. The van der Waals surface area contributed by atoms with E-state index >= 15 is 0 Å². The van der Waals surface area contributed by atoms with Gasteiger partial charge in [0.1, 0.15) is 5.75 Å². The van der Waals surface area contributed by atoms with Crippen molar-refractivity contribution >= 4 is 29.1 Å². The number of halogens is 2. The lowest BCUT2D eigenvalue weighted by Gasteiger charge is -2.56. The minimum absolute atomic E-state index is 0.0361. The molecule has 1 aromatic rings. The van der Waals surface area contributed by atoms with Gasteiger partial charge in [0, 0.05) is 10.6 Å². The van der Waals surface area contributed by atoms with Gasteiger partial charge in [-0.2, -0.15) is 0 Å². The predicted octanol–water partition coefficient (Wildman–Crippen LogP) is 4.70. The van der Waals surface area contributed by atoms with E-state index in [9.17, 15) is 4.79 Å². The van der Waals surface area contributed by atoms with E-state index in [1.807, 2.05) is 0 Å². The molecule has 4 saturated carbocycles. The molecular formula is C18H21Cl2NO2. The minimum Gasteiger partial charge on any atom is -0.494 e. The van der Waals surface area contributed by atoms with Gasteiger partial charge in [-0.3, -0.25) is 4.79 Å². The summed E-state index contributed by atoms with van der Waals surface area (Å²) >= 11 is 12.2. The van der Waals surface area contributed by atoms with Crippen molar-refractivity contribution in [2.45, 2.75) is 44.1 Å². The highest BCUT2D eigenvalue weighted by molar-refractivity contribution is 6.36. The zero-order valence-electron chi connectivity index (χ0n) is 13.2. The van der Waals surface area contributed by atoms with E-state index in [1.54, 1.807) is 12.1 Å². The van der Waals surface area contributed by atoms with Crippen LogP contribution in [0.25, 0.3) is 0 Å². The number of hydrogen-bond acceptors (Lipinski definition) is 2. The normalized spacial score (nSPS) is 34.5. The van der Waals surface area contributed by atoms with Gasteiger partial charge in [-0.15, -0.1) is 0 Å². The maximum Gasteiger partial charge on any atom is 0.255 e. The van der Waals surface area contributed by atoms with Crippen molar-refractivity contribution in [1.82, 2.24) is 5.32 Å². The summed E-state index contributed by atoms with van der Waals surface area (Å²) in [4.78, 5) is 12.9. The Hall–Kier alpha value is -0.930. The summed E-state index contributed by atoms with van der Waals surface area (Å²) in [5.74, 6) is 2.63. The van der Waals surface area contributed by atoms with E-state index in [1.165, 1.54) is 26.4 Å². The summed E-state index contributed by atoms with van der Waals surface area (Å²) in [6, 6.07) is 3.24. The number of nitrogens with one attached hydrogen (secondary N) is 1. The number of rotatable bonds is 3. The number of carbonyl (C=O) groups is 1. The third kappa shape index (κ3) is 2.72. The van der Waals surface area contributed by atoms with Crippen LogP contribution in [0.1, 0.15) is 48.9 Å². The molecule has 0 heterocycles. The van der Waals surface area contributed by atoms with Crippen molar-refractivity contribution in [2.24, 2.45) is 17.8 Å². The van der Waals surface area contributed by atoms with Crippen molar-refractivity contribution in [2.75, 3.05) is 7.11 Å². The molecule has 4 fully saturated rings. The average molecular weight is 354 g/mol. The van der Waals surface area contributed by atoms with Crippen LogP contribution in [0.5, 0.6) is 5.75 Å². The van der Waals surface area contributed by atoms with E-state index in [0.717, 1.165) is 37.0 Å². The van der Waals surface area contributed by atoms with Crippen LogP contribution in [0.2, 0.25) is 10.0 Å². The number of methoxy groups -OCH3 is 1. The Morgan fingerprint density at radius 1 is 1.13 bits per heavy atom. The van der Waals surface area contributed by atoms with E-state index in [0.29, 0.717) is 21.4 Å². The van der Waals surface area contributed by atoms with Gasteiger partial charge in [-0.25, -0.2) is 0 Å². The molecule has 5 heteroatoms. The van der Waals surface area contributed by atoms with E-state index in [-0.39, 0.29) is 11.4 Å². The van der Waals surface area contributed by atoms with Gasteiger partial charge in [0.15, 0.2) is 0 Å². The number of carbonyl (C=O) groups excluding carboxylic acids is 1. The lowest BCUT2D eigenvalue weighted by atomic mass is 9.53. The fraction of sp³-hybridized carbons (Fsp3) is 0.611. The molecule has 0 radical (unpaired) electrons. The molecule has 124 valence electrons. The predicted molar refractivity (Wildman–Crippen MR) is 91.4 cm³/mol. The molecule has 23 heavy (non-hydrogen) atoms. The third-order valence-corrected chi connectivity index (χ3v) is 6.37. The maximum atomic E-state index is 12.9. The highest BCUT2D eigenvalue weighted by Gasteiger charge is 2.51. The van der Waals surface area contributed by atoms with E-state index in [4.69, 9.17) is 27.9 Å². The summed E-state index contributed by atoms with van der Waals surface area (Å²) in [5, 5.41) is 4.16. The maximum absolute atomic E-state index is 12.9.